The second kappa shape index (κ2) is 10.5. The second-order valence-electron chi connectivity index (χ2n) is 8.35. The first-order valence-corrected chi connectivity index (χ1v) is 11.0. The van der Waals surface area contributed by atoms with Crippen molar-refractivity contribution in [1.82, 2.24) is 0 Å². The molecule has 1 aliphatic rings. The lowest BCUT2D eigenvalue weighted by Gasteiger charge is -2.29. The summed E-state index contributed by atoms with van der Waals surface area (Å²) in [4.78, 5) is 10.5. The average Bonchev–Trinajstić information content (AvgIpc) is 2.74. The summed E-state index contributed by atoms with van der Waals surface area (Å²) in [5.74, 6) is 1.39. The lowest BCUT2D eigenvalue weighted by Crippen LogP contribution is -2.13. The minimum atomic E-state index is -0.218. The van der Waals surface area contributed by atoms with Gasteiger partial charge < -0.3 is 4.79 Å². The number of aryl methyl sites for hydroxylation is 1. The zero-order valence-corrected chi connectivity index (χ0v) is 17.1. The number of carbonyl (C=O) groups excluding carboxylic acids is 1. The summed E-state index contributed by atoms with van der Waals surface area (Å²) < 4.78 is 14.3. The van der Waals surface area contributed by atoms with E-state index in [0.29, 0.717) is 24.3 Å². The average molecular weight is 381 g/mol. The number of hydrogen-bond donors (Lipinski definition) is 0. The van der Waals surface area contributed by atoms with E-state index in [1.807, 2.05) is 12.1 Å². The van der Waals surface area contributed by atoms with Crippen molar-refractivity contribution >= 4 is 6.29 Å². The van der Waals surface area contributed by atoms with Gasteiger partial charge in [-0.15, -0.1) is 0 Å². The molecule has 0 radical (unpaired) electrons. The predicted octanol–water partition coefficient (Wildman–Crippen LogP) is 7.48. The Hall–Kier alpha value is -1.96. The molecular formula is C26H33FO. The number of rotatable bonds is 9. The zero-order chi connectivity index (χ0) is 19.8. The molecule has 0 bridgehead atoms. The molecule has 0 spiro atoms. The van der Waals surface area contributed by atoms with E-state index in [2.05, 4.69) is 31.2 Å². The van der Waals surface area contributed by atoms with Gasteiger partial charge in [0, 0.05) is 6.42 Å². The van der Waals surface area contributed by atoms with E-state index in [0.717, 1.165) is 23.3 Å². The Kier molecular flexibility index (Phi) is 7.82. The molecule has 28 heavy (non-hydrogen) atoms. The van der Waals surface area contributed by atoms with Gasteiger partial charge >= 0.3 is 0 Å². The zero-order valence-electron chi connectivity index (χ0n) is 17.1. The van der Waals surface area contributed by atoms with Crippen molar-refractivity contribution in [3.05, 3.63) is 59.4 Å². The number of unbranched alkanes of at least 4 members (excludes halogenated alkanes) is 2. The van der Waals surface area contributed by atoms with Gasteiger partial charge in [-0.2, -0.15) is 0 Å². The molecule has 0 aromatic heterocycles. The Labute approximate surface area is 169 Å². The van der Waals surface area contributed by atoms with Gasteiger partial charge in [0.1, 0.15) is 12.1 Å². The molecule has 0 saturated heterocycles. The Bertz CT molecular complexity index is 742. The van der Waals surface area contributed by atoms with Crippen molar-refractivity contribution in [2.45, 2.75) is 77.0 Å². The van der Waals surface area contributed by atoms with Crippen LogP contribution >= 0.6 is 0 Å². The highest BCUT2D eigenvalue weighted by Crippen LogP contribution is 2.38. The van der Waals surface area contributed by atoms with E-state index >= 15 is 0 Å². The first-order valence-electron chi connectivity index (χ1n) is 11.0. The van der Waals surface area contributed by atoms with Crippen molar-refractivity contribution in [3.8, 4) is 11.1 Å². The predicted molar refractivity (Wildman–Crippen MR) is 115 cm³/mol. The van der Waals surface area contributed by atoms with E-state index in [1.165, 1.54) is 56.9 Å². The fourth-order valence-corrected chi connectivity index (χ4v) is 4.56. The Morgan fingerprint density at radius 2 is 1.68 bits per heavy atom. The molecule has 0 amide bonds. The van der Waals surface area contributed by atoms with Crippen molar-refractivity contribution in [3.63, 3.8) is 0 Å². The van der Waals surface area contributed by atoms with E-state index in [4.69, 9.17) is 0 Å². The second-order valence-corrected chi connectivity index (χ2v) is 8.35. The summed E-state index contributed by atoms with van der Waals surface area (Å²) in [6, 6.07) is 14.1. The van der Waals surface area contributed by atoms with E-state index in [1.54, 1.807) is 6.07 Å². The largest absolute Gasteiger partial charge is 0.303 e. The molecule has 1 saturated carbocycles. The molecule has 1 aliphatic carbocycles. The number of hydrogen-bond acceptors (Lipinski definition) is 1. The third-order valence-electron chi connectivity index (χ3n) is 6.36. The molecule has 0 aliphatic heterocycles. The Morgan fingerprint density at radius 1 is 0.964 bits per heavy atom. The topological polar surface area (TPSA) is 17.1 Å². The minimum Gasteiger partial charge on any atom is -0.303 e. The van der Waals surface area contributed by atoms with Crippen molar-refractivity contribution in [1.29, 1.82) is 0 Å². The van der Waals surface area contributed by atoms with Gasteiger partial charge in [-0.1, -0.05) is 69.0 Å². The Morgan fingerprint density at radius 3 is 2.32 bits per heavy atom. The molecule has 3 rings (SSSR count). The first-order chi connectivity index (χ1) is 13.7. The lowest BCUT2D eigenvalue weighted by atomic mass is 9.77. The normalized spacial score (nSPS) is 19.5. The SMILES string of the molecule is CCCCCC1CCC(c2ccc(-c3ccc(CCC=O)c(F)c3)cc2)CC1. The maximum absolute atomic E-state index is 14.3. The monoisotopic (exact) mass is 380 g/mol. The van der Waals surface area contributed by atoms with Crippen LogP contribution in [0.1, 0.15) is 81.8 Å². The van der Waals surface area contributed by atoms with Gasteiger partial charge in [-0.05, 0) is 72.3 Å². The number of benzene rings is 2. The van der Waals surface area contributed by atoms with Gasteiger partial charge in [0.05, 0.1) is 0 Å². The standard InChI is InChI=1S/C26H33FO/c1-2-3-4-6-20-8-10-21(11-9-20)22-12-14-23(15-13-22)25-17-16-24(7-5-18-28)26(27)19-25/h12-21H,2-11H2,1H3. The summed E-state index contributed by atoms with van der Waals surface area (Å²) in [6.07, 6.45) is 12.5. The van der Waals surface area contributed by atoms with E-state index in [9.17, 15) is 9.18 Å². The fraction of sp³-hybridized carbons (Fsp3) is 0.500. The molecule has 0 heterocycles. The fourth-order valence-electron chi connectivity index (χ4n) is 4.56. The van der Waals surface area contributed by atoms with Crippen molar-refractivity contribution < 1.29 is 9.18 Å². The van der Waals surface area contributed by atoms with Crippen LogP contribution in [0.3, 0.4) is 0 Å². The first kappa shape index (κ1) is 20.8. The lowest BCUT2D eigenvalue weighted by molar-refractivity contribution is -0.107. The van der Waals surface area contributed by atoms with Crippen LogP contribution in [0.5, 0.6) is 0 Å². The molecule has 1 fully saturated rings. The van der Waals surface area contributed by atoms with Gasteiger partial charge in [0.25, 0.3) is 0 Å². The van der Waals surface area contributed by atoms with Crippen LogP contribution in [0, 0.1) is 11.7 Å². The molecule has 0 unspecified atom stereocenters. The Balaban J connectivity index is 1.58. The molecule has 2 aromatic carbocycles. The van der Waals surface area contributed by atoms with E-state index in [-0.39, 0.29) is 5.82 Å². The number of carbonyl (C=O) groups is 1. The highest BCUT2D eigenvalue weighted by Gasteiger charge is 2.22. The third-order valence-corrected chi connectivity index (χ3v) is 6.36. The van der Waals surface area contributed by atoms with Crippen LogP contribution in [-0.4, -0.2) is 6.29 Å². The van der Waals surface area contributed by atoms with Crippen LogP contribution in [0.15, 0.2) is 42.5 Å². The maximum Gasteiger partial charge on any atom is 0.127 e. The molecule has 2 heteroatoms. The van der Waals surface area contributed by atoms with Crippen molar-refractivity contribution in [2.24, 2.45) is 5.92 Å². The quantitative estimate of drug-likeness (QED) is 0.325. The third kappa shape index (κ3) is 5.53. The van der Waals surface area contributed by atoms with Gasteiger partial charge in [0.2, 0.25) is 0 Å². The summed E-state index contributed by atoms with van der Waals surface area (Å²) in [6.45, 7) is 2.27. The summed E-state index contributed by atoms with van der Waals surface area (Å²) in [5.41, 5.74) is 4.00. The van der Waals surface area contributed by atoms with Crippen LogP contribution in [0.2, 0.25) is 0 Å². The van der Waals surface area contributed by atoms with Crippen molar-refractivity contribution in [2.75, 3.05) is 0 Å². The van der Waals surface area contributed by atoms with Crippen LogP contribution in [0.25, 0.3) is 11.1 Å². The van der Waals surface area contributed by atoms with Gasteiger partial charge in [-0.25, -0.2) is 4.39 Å². The number of aldehydes is 1. The molecule has 0 atom stereocenters. The molecular weight excluding hydrogens is 347 g/mol. The molecule has 0 N–H and O–H groups in total. The van der Waals surface area contributed by atoms with Gasteiger partial charge in [0.15, 0.2) is 0 Å². The van der Waals surface area contributed by atoms with Crippen LogP contribution in [0.4, 0.5) is 4.39 Å². The highest BCUT2D eigenvalue weighted by molar-refractivity contribution is 5.64. The molecule has 1 nitrogen and oxygen atoms in total. The summed E-state index contributed by atoms with van der Waals surface area (Å²) in [5, 5.41) is 0. The highest BCUT2D eigenvalue weighted by atomic mass is 19.1. The van der Waals surface area contributed by atoms with Crippen LogP contribution < -0.4 is 0 Å². The number of halogens is 1. The summed E-state index contributed by atoms with van der Waals surface area (Å²) >= 11 is 0. The molecule has 2 aromatic rings. The van der Waals surface area contributed by atoms with Crippen LogP contribution in [-0.2, 0) is 11.2 Å². The van der Waals surface area contributed by atoms with Gasteiger partial charge in [-0.3, -0.25) is 0 Å². The summed E-state index contributed by atoms with van der Waals surface area (Å²) in [7, 11) is 0. The molecule has 150 valence electrons. The van der Waals surface area contributed by atoms with E-state index < -0.39 is 0 Å². The minimum absolute atomic E-state index is 0.218. The smallest absolute Gasteiger partial charge is 0.127 e. The maximum atomic E-state index is 14.3.